The Morgan fingerprint density at radius 2 is 1.27 bits per heavy atom. The zero-order valence-corrected chi connectivity index (χ0v) is 9.65. The third kappa shape index (κ3) is 3.87. The van der Waals surface area contributed by atoms with Gasteiger partial charge >= 0.3 is 11.9 Å². The molecule has 0 unspecified atom stereocenters. The third-order valence-corrected chi connectivity index (χ3v) is 1.98. The van der Waals surface area contributed by atoms with Gasteiger partial charge in [-0.1, -0.05) is 46.4 Å². The first-order valence-corrected chi connectivity index (χ1v) is 4.58. The molecule has 0 aromatic rings. The summed E-state index contributed by atoms with van der Waals surface area (Å²) in [6.07, 6.45) is 0. The number of ketones is 1. The van der Waals surface area contributed by atoms with Crippen LogP contribution in [0.4, 0.5) is 0 Å². The van der Waals surface area contributed by atoms with Crippen LogP contribution in [0, 0.1) is 0 Å². The molecule has 0 saturated heterocycles. The zero-order valence-electron chi connectivity index (χ0n) is 6.63. The fraction of sp³-hybridized carbons (Fsp3) is 0.167. The van der Waals surface area contributed by atoms with Crippen LogP contribution in [-0.2, 0) is 14.4 Å². The van der Waals surface area contributed by atoms with Gasteiger partial charge in [0, 0.05) is 0 Å². The molecule has 0 atom stereocenters. The lowest BCUT2D eigenvalue weighted by Crippen LogP contribution is -2.24. The Labute approximate surface area is 103 Å². The first kappa shape index (κ1) is 14.5. The number of allylic oxidation sites excluding steroid dienone is 1. The number of hydrogen-bond donors (Lipinski definition) is 2. The molecule has 0 spiro atoms. The number of rotatable bonds is 3. The predicted molar refractivity (Wildman–Crippen MR) is 53.4 cm³/mol. The van der Waals surface area contributed by atoms with Gasteiger partial charge in [0.2, 0.25) is 5.78 Å². The third-order valence-electron chi connectivity index (χ3n) is 1.10. The summed E-state index contributed by atoms with van der Waals surface area (Å²) in [4.78, 5) is 31.9. The molecule has 9 heteroatoms. The first-order chi connectivity index (χ1) is 6.59. The number of Topliss-reactive ketones (excluding diaryl/α,β-unsaturated/α-hetero) is 1. The van der Waals surface area contributed by atoms with E-state index in [4.69, 9.17) is 56.6 Å². The van der Waals surface area contributed by atoms with E-state index in [0.717, 1.165) is 0 Å². The fourth-order valence-corrected chi connectivity index (χ4v) is 1.25. The van der Waals surface area contributed by atoms with E-state index in [9.17, 15) is 14.4 Å². The molecule has 5 nitrogen and oxygen atoms in total. The Kier molecular flexibility index (Phi) is 4.86. The van der Waals surface area contributed by atoms with Gasteiger partial charge in [-0.2, -0.15) is 0 Å². The van der Waals surface area contributed by atoms with Gasteiger partial charge in [-0.25, -0.2) is 9.59 Å². The van der Waals surface area contributed by atoms with Crippen molar-refractivity contribution in [2.75, 3.05) is 0 Å². The SMILES string of the molecule is O=C(O)C(C(=O)O)=C(Cl)C(=O)C(Cl)(Cl)Cl. The molecule has 0 aromatic heterocycles. The molecule has 0 aliphatic heterocycles. The minimum Gasteiger partial charge on any atom is -0.477 e. The van der Waals surface area contributed by atoms with Crippen molar-refractivity contribution in [1.82, 2.24) is 0 Å². The van der Waals surface area contributed by atoms with Gasteiger partial charge in [0.1, 0.15) is 5.03 Å². The van der Waals surface area contributed by atoms with Crippen LogP contribution < -0.4 is 0 Å². The largest absolute Gasteiger partial charge is 0.477 e. The predicted octanol–water partition coefficient (Wildman–Crippen LogP) is 1.59. The second-order valence-electron chi connectivity index (χ2n) is 2.13. The van der Waals surface area contributed by atoms with Crippen LogP contribution in [0.3, 0.4) is 0 Å². The molecule has 2 N–H and O–H groups in total. The van der Waals surface area contributed by atoms with Crippen LogP contribution in [0.25, 0.3) is 0 Å². The average Bonchev–Trinajstić information content (AvgIpc) is 1.99. The maximum absolute atomic E-state index is 11.1. The van der Waals surface area contributed by atoms with E-state index in [0.29, 0.717) is 0 Å². The highest BCUT2D eigenvalue weighted by molar-refractivity contribution is 6.79. The molecular formula is C6H2Cl4O5. The number of hydrogen-bond acceptors (Lipinski definition) is 3. The topological polar surface area (TPSA) is 91.7 Å². The quantitative estimate of drug-likeness (QED) is 0.357. The first-order valence-electron chi connectivity index (χ1n) is 3.07. The summed E-state index contributed by atoms with van der Waals surface area (Å²) in [5.74, 6) is -5.24. The molecule has 84 valence electrons. The van der Waals surface area contributed by atoms with Crippen molar-refractivity contribution in [1.29, 1.82) is 0 Å². The van der Waals surface area contributed by atoms with Crippen molar-refractivity contribution in [3.8, 4) is 0 Å². The summed E-state index contributed by atoms with van der Waals surface area (Å²) in [7, 11) is 0. The van der Waals surface area contributed by atoms with Gasteiger partial charge in [0.05, 0.1) is 0 Å². The number of carboxylic acids is 2. The van der Waals surface area contributed by atoms with E-state index in [2.05, 4.69) is 0 Å². The van der Waals surface area contributed by atoms with Crippen molar-refractivity contribution in [2.24, 2.45) is 0 Å². The van der Waals surface area contributed by atoms with E-state index in [1.807, 2.05) is 0 Å². The van der Waals surface area contributed by atoms with Gasteiger partial charge in [-0.15, -0.1) is 0 Å². The van der Waals surface area contributed by atoms with Crippen molar-refractivity contribution in [2.45, 2.75) is 3.79 Å². The van der Waals surface area contributed by atoms with Gasteiger partial charge in [0.15, 0.2) is 5.57 Å². The highest BCUT2D eigenvalue weighted by Gasteiger charge is 2.37. The van der Waals surface area contributed by atoms with Gasteiger partial charge in [-0.05, 0) is 0 Å². The Balaban J connectivity index is 5.50. The van der Waals surface area contributed by atoms with E-state index in [-0.39, 0.29) is 0 Å². The normalized spacial score (nSPS) is 10.7. The van der Waals surface area contributed by atoms with Crippen molar-refractivity contribution in [3.05, 3.63) is 10.6 Å². The zero-order chi connectivity index (χ0) is 12.4. The monoisotopic (exact) mass is 294 g/mol. The Hall–Kier alpha value is -0.490. The molecule has 0 saturated carbocycles. The number of aliphatic carboxylic acids is 2. The maximum atomic E-state index is 11.1. The molecule has 0 heterocycles. The molecule has 15 heavy (non-hydrogen) atoms. The molecule has 0 aromatic carbocycles. The smallest absolute Gasteiger partial charge is 0.344 e. The number of carbonyl (C=O) groups is 3. The minimum absolute atomic E-state index is 1.16. The summed E-state index contributed by atoms with van der Waals surface area (Å²) >= 11 is 20.5. The lowest BCUT2D eigenvalue weighted by Gasteiger charge is -2.08. The van der Waals surface area contributed by atoms with Crippen LogP contribution in [0.15, 0.2) is 10.6 Å². The average molecular weight is 296 g/mol. The van der Waals surface area contributed by atoms with Crippen LogP contribution in [0.2, 0.25) is 0 Å². The van der Waals surface area contributed by atoms with Gasteiger partial charge in [0.25, 0.3) is 3.79 Å². The van der Waals surface area contributed by atoms with Gasteiger partial charge < -0.3 is 10.2 Å². The summed E-state index contributed by atoms with van der Waals surface area (Å²) in [5, 5.41) is 15.7. The molecule has 0 rings (SSSR count). The highest BCUT2D eigenvalue weighted by atomic mass is 35.6. The Bertz CT molecular complexity index is 337. The number of alkyl halides is 3. The van der Waals surface area contributed by atoms with Crippen LogP contribution in [0.1, 0.15) is 0 Å². The molecule has 0 fully saturated rings. The standard InChI is InChI=1S/C6H2Cl4O5/c7-2(3(11)6(8,9)10)1(4(12)13)5(14)15/h(H,12,13)(H,14,15). The van der Waals surface area contributed by atoms with Crippen LogP contribution >= 0.6 is 46.4 Å². The van der Waals surface area contributed by atoms with Crippen LogP contribution in [0.5, 0.6) is 0 Å². The Morgan fingerprint density at radius 1 is 0.933 bits per heavy atom. The highest BCUT2D eigenvalue weighted by Crippen LogP contribution is 2.32. The fourth-order valence-electron chi connectivity index (χ4n) is 0.517. The summed E-state index contributed by atoms with van der Waals surface area (Å²) < 4.78 is -2.51. The molecule has 0 radical (unpaired) electrons. The molecular weight excluding hydrogens is 294 g/mol. The maximum Gasteiger partial charge on any atom is 0.344 e. The second-order valence-corrected chi connectivity index (χ2v) is 4.79. The molecule has 0 amide bonds. The molecule has 0 aliphatic carbocycles. The van der Waals surface area contributed by atoms with Crippen molar-refractivity contribution in [3.63, 3.8) is 0 Å². The van der Waals surface area contributed by atoms with E-state index in [1.54, 1.807) is 0 Å². The van der Waals surface area contributed by atoms with E-state index < -0.39 is 32.1 Å². The molecule has 0 aliphatic rings. The van der Waals surface area contributed by atoms with E-state index >= 15 is 0 Å². The van der Waals surface area contributed by atoms with Crippen molar-refractivity contribution >= 4 is 64.1 Å². The summed E-state index contributed by atoms with van der Waals surface area (Å²) in [6, 6.07) is 0. The van der Waals surface area contributed by atoms with Gasteiger partial charge in [-0.3, -0.25) is 4.79 Å². The minimum atomic E-state index is -2.51. The van der Waals surface area contributed by atoms with Crippen molar-refractivity contribution < 1.29 is 24.6 Å². The summed E-state index contributed by atoms with van der Waals surface area (Å²) in [5.41, 5.74) is -1.35. The number of carboxylic acid groups (broad SMARTS) is 2. The Morgan fingerprint density at radius 3 is 1.47 bits per heavy atom. The van der Waals surface area contributed by atoms with E-state index in [1.165, 1.54) is 0 Å². The lowest BCUT2D eigenvalue weighted by molar-refractivity contribution is -0.140. The number of halogens is 4. The lowest BCUT2D eigenvalue weighted by atomic mass is 10.2. The van der Waals surface area contributed by atoms with Crippen LogP contribution in [-0.4, -0.2) is 31.7 Å². The summed E-state index contributed by atoms with van der Waals surface area (Å²) in [6.45, 7) is 0. The molecule has 0 bridgehead atoms. The number of carbonyl (C=O) groups excluding carboxylic acids is 1. The second kappa shape index (κ2) is 5.03.